The molecule has 0 aliphatic heterocycles. The number of hydrogen-bond donors (Lipinski definition) is 1. The third-order valence-electron chi connectivity index (χ3n) is 1.42. The van der Waals surface area contributed by atoms with Crippen molar-refractivity contribution in [3.05, 3.63) is 28.8 Å². The van der Waals surface area contributed by atoms with Gasteiger partial charge in [-0.3, -0.25) is 4.57 Å². The summed E-state index contributed by atoms with van der Waals surface area (Å²) in [5.74, 6) is -0.411. The van der Waals surface area contributed by atoms with Crippen molar-refractivity contribution in [2.75, 3.05) is 12.8 Å². The van der Waals surface area contributed by atoms with E-state index >= 15 is 0 Å². The predicted molar refractivity (Wildman–Crippen MR) is 50.3 cm³/mol. The first-order chi connectivity index (χ1) is 6.63. The lowest BCUT2D eigenvalue weighted by atomic mass is 10.5. The number of aromatic nitrogens is 2. The lowest BCUT2D eigenvalue weighted by Crippen LogP contribution is -2.19. The molecule has 14 heavy (non-hydrogen) atoms. The van der Waals surface area contributed by atoms with Gasteiger partial charge in [-0.15, -0.1) is 0 Å². The largest absolute Gasteiger partial charge is 0.466 e. The minimum absolute atomic E-state index is 0.137. The van der Waals surface area contributed by atoms with Crippen LogP contribution in [-0.2, 0) is 9.53 Å². The summed E-state index contributed by atoms with van der Waals surface area (Å²) in [6.45, 7) is 0. The third-order valence-corrected chi connectivity index (χ3v) is 1.42. The number of nitrogens with zero attached hydrogens (tertiary/aromatic N) is 2. The average Bonchev–Trinajstić information content (AvgIpc) is 2.16. The fourth-order valence-corrected chi connectivity index (χ4v) is 0.749. The molecule has 0 saturated carbocycles. The number of rotatable bonds is 2. The van der Waals surface area contributed by atoms with Crippen LogP contribution < -0.4 is 11.4 Å². The summed E-state index contributed by atoms with van der Waals surface area (Å²) < 4.78 is 5.47. The maximum absolute atomic E-state index is 11.1. The number of hydrogen-bond acceptors (Lipinski definition) is 5. The Morgan fingerprint density at radius 2 is 2.43 bits per heavy atom. The number of methoxy groups -OCH3 is 1. The zero-order valence-corrected chi connectivity index (χ0v) is 7.51. The lowest BCUT2D eigenvalue weighted by molar-refractivity contribution is -0.134. The van der Waals surface area contributed by atoms with Crippen LogP contribution in [0.1, 0.15) is 0 Å². The van der Waals surface area contributed by atoms with Crippen LogP contribution in [-0.4, -0.2) is 22.6 Å². The fraction of sp³-hybridized carbons (Fsp3) is 0.125. The van der Waals surface area contributed by atoms with Gasteiger partial charge in [-0.1, -0.05) is 0 Å². The summed E-state index contributed by atoms with van der Waals surface area (Å²) >= 11 is 0. The highest BCUT2D eigenvalue weighted by atomic mass is 16.5. The number of nitrogen functional groups attached to an aromatic ring is 1. The molecule has 0 bridgehead atoms. The molecular weight excluding hydrogens is 186 g/mol. The smallest absolute Gasteiger partial charge is 0.353 e. The van der Waals surface area contributed by atoms with Crippen LogP contribution in [0.25, 0.3) is 6.20 Å². The normalized spacial score (nSPS) is 10.4. The van der Waals surface area contributed by atoms with Gasteiger partial charge >= 0.3 is 11.7 Å². The Hall–Kier alpha value is -2.11. The first kappa shape index (κ1) is 9.97. The second-order valence-electron chi connectivity index (χ2n) is 2.38. The van der Waals surface area contributed by atoms with E-state index in [1.165, 1.54) is 25.6 Å². The average molecular weight is 195 g/mol. The van der Waals surface area contributed by atoms with Gasteiger partial charge in [0, 0.05) is 18.5 Å². The Morgan fingerprint density at radius 1 is 1.71 bits per heavy atom. The van der Waals surface area contributed by atoms with Gasteiger partial charge in [0.15, 0.2) is 0 Å². The zero-order chi connectivity index (χ0) is 10.6. The number of nitrogens with two attached hydrogens (primary N) is 1. The Kier molecular flexibility index (Phi) is 3.01. The summed E-state index contributed by atoms with van der Waals surface area (Å²) in [4.78, 5) is 25.3. The van der Waals surface area contributed by atoms with E-state index in [9.17, 15) is 9.59 Å². The van der Waals surface area contributed by atoms with Crippen molar-refractivity contribution in [1.82, 2.24) is 9.55 Å². The van der Waals surface area contributed by atoms with E-state index in [1.54, 1.807) is 0 Å². The molecule has 0 atom stereocenters. The van der Waals surface area contributed by atoms with Crippen LogP contribution in [0.15, 0.2) is 23.1 Å². The van der Waals surface area contributed by atoms with E-state index in [2.05, 4.69) is 9.72 Å². The van der Waals surface area contributed by atoms with Crippen LogP contribution in [0.5, 0.6) is 0 Å². The molecule has 0 fully saturated rings. The molecule has 0 aliphatic rings. The predicted octanol–water partition coefficient (Wildman–Crippen LogP) is -0.531. The molecule has 1 aromatic heterocycles. The summed E-state index contributed by atoms with van der Waals surface area (Å²) in [5, 5.41) is 0. The van der Waals surface area contributed by atoms with Crippen molar-refractivity contribution in [3.8, 4) is 0 Å². The van der Waals surface area contributed by atoms with Crippen LogP contribution in [0, 0.1) is 0 Å². The topological polar surface area (TPSA) is 87.2 Å². The summed E-state index contributed by atoms with van der Waals surface area (Å²) in [5.41, 5.74) is 4.72. The number of ether oxygens (including phenoxy) is 1. The quantitative estimate of drug-likeness (QED) is 0.506. The van der Waals surface area contributed by atoms with E-state index in [0.717, 1.165) is 10.6 Å². The maximum Gasteiger partial charge on any atom is 0.353 e. The van der Waals surface area contributed by atoms with Crippen molar-refractivity contribution in [1.29, 1.82) is 0 Å². The SMILES string of the molecule is COC(=O)C=Cn1ccc(N)nc1=O. The van der Waals surface area contributed by atoms with Crippen molar-refractivity contribution < 1.29 is 9.53 Å². The molecule has 0 saturated heterocycles. The molecule has 0 amide bonds. The van der Waals surface area contributed by atoms with Crippen LogP contribution >= 0.6 is 0 Å². The summed E-state index contributed by atoms with van der Waals surface area (Å²) in [7, 11) is 1.25. The molecule has 0 spiro atoms. The molecule has 6 nitrogen and oxygen atoms in total. The molecule has 0 radical (unpaired) electrons. The van der Waals surface area contributed by atoms with Gasteiger partial charge in [0.1, 0.15) is 5.82 Å². The van der Waals surface area contributed by atoms with Crippen LogP contribution in [0.3, 0.4) is 0 Å². The lowest BCUT2D eigenvalue weighted by Gasteiger charge is -1.96. The van der Waals surface area contributed by atoms with E-state index in [0.29, 0.717) is 0 Å². The second kappa shape index (κ2) is 4.22. The van der Waals surface area contributed by atoms with Crippen molar-refractivity contribution in [2.45, 2.75) is 0 Å². The highest BCUT2D eigenvalue weighted by Gasteiger charge is 1.95. The molecule has 0 aliphatic carbocycles. The summed E-state index contributed by atoms with van der Waals surface area (Å²) in [6, 6.07) is 1.45. The maximum atomic E-state index is 11.1. The van der Waals surface area contributed by atoms with Gasteiger partial charge < -0.3 is 10.5 Å². The van der Waals surface area contributed by atoms with Gasteiger partial charge in [0.25, 0.3) is 0 Å². The molecule has 0 aromatic carbocycles. The van der Waals surface area contributed by atoms with E-state index in [1.807, 2.05) is 0 Å². The second-order valence-corrected chi connectivity index (χ2v) is 2.38. The summed E-state index contributed by atoms with van der Waals surface area (Å²) in [6.07, 6.45) is 3.77. The van der Waals surface area contributed by atoms with Crippen LogP contribution in [0.2, 0.25) is 0 Å². The van der Waals surface area contributed by atoms with E-state index in [4.69, 9.17) is 5.73 Å². The first-order valence-electron chi connectivity index (χ1n) is 3.74. The zero-order valence-electron chi connectivity index (χ0n) is 7.51. The third kappa shape index (κ3) is 2.44. The molecule has 1 heterocycles. The highest BCUT2D eigenvalue weighted by Crippen LogP contribution is 1.90. The number of anilines is 1. The fourth-order valence-electron chi connectivity index (χ4n) is 0.749. The molecular formula is C8H9N3O3. The Labute approximate surface area is 79.6 Å². The number of carbonyl (C=O) groups is 1. The molecule has 2 N–H and O–H groups in total. The molecule has 74 valence electrons. The van der Waals surface area contributed by atoms with Gasteiger partial charge in [-0.2, -0.15) is 4.98 Å². The Morgan fingerprint density at radius 3 is 3.00 bits per heavy atom. The molecule has 1 aromatic rings. The van der Waals surface area contributed by atoms with Crippen molar-refractivity contribution >= 4 is 18.0 Å². The van der Waals surface area contributed by atoms with E-state index in [-0.39, 0.29) is 5.82 Å². The standard InChI is InChI=1S/C8H9N3O3/c1-14-7(12)3-5-11-4-2-6(9)10-8(11)13/h2-5H,1H3,(H2,9,10,13). The molecule has 1 rings (SSSR count). The van der Waals surface area contributed by atoms with Gasteiger partial charge in [-0.05, 0) is 6.07 Å². The van der Waals surface area contributed by atoms with Crippen molar-refractivity contribution in [2.24, 2.45) is 0 Å². The number of carbonyl (C=O) groups excluding carboxylic acids is 1. The minimum atomic E-state index is -0.551. The monoisotopic (exact) mass is 195 g/mol. The van der Waals surface area contributed by atoms with Gasteiger partial charge in [0.2, 0.25) is 0 Å². The van der Waals surface area contributed by atoms with E-state index < -0.39 is 11.7 Å². The van der Waals surface area contributed by atoms with Crippen LogP contribution in [0.4, 0.5) is 5.82 Å². The number of esters is 1. The Bertz CT molecular complexity index is 422. The Balaban J connectivity index is 2.93. The van der Waals surface area contributed by atoms with Gasteiger partial charge in [0.05, 0.1) is 7.11 Å². The van der Waals surface area contributed by atoms with Crippen molar-refractivity contribution in [3.63, 3.8) is 0 Å². The first-order valence-corrected chi connectivity index (χ1v) is 3.74. The minimum Gasteiger partial charge on any atom is -0.466 e. The highest BCUT2D eigenvalue weighted by molar-refractivity contribution is 5.84. The molecule has 0 unspecified atom stereocenters. The van der Waals surface area contributed by atoms with Gasteiger partial charge in [-0.25, -0.2) is 9.59 Å². The molecule has 6 heteroatoms.